The summed E-state index contributed by atoms with van der Waals surface area (Å²) in [5.41, 5.74) is 0.426. The van der Waals surface area contributed by atoms with Crippen LogP contribution in [0.2, 0.25) is 5.02 Å². The van der Waals surface area contributed by atoms with Gasteiger partial charge in [-0.1, -0.05) is 25.4 Å². The average Bonchev–Trinajstić information content (AvgIpc) is 2.75. The van der Waals surface area contributed by atoms with Gasteiger partial charge in [-0.3, -0.25) is 0 Å². The van der Waals surface area contributed by atoms with Gasteiger partial charge in [0.1, 0.15) is 17.3 Å². The number of halogens is 2. The summed E-state index contributed by atoms with van der Waals surface area (Å²) < 4.78 is 19.3. The Morgan fingerprint density at radius 3 is 2.72 bits per heavy atom. The van der Waals surface area contributed by atoms with Crippen LogP contribution < -0.4 is 5.32 Å². The fourth-order valence-electron chi connectivity index (χ4n) is 1.61. The summed E-state index contributed by atoms with van der Waals surface area (Å²) in [5, 5.41) is 3.62. The van der Waals surface area contributed by atoms with Crippen LogP contribution in [0.1, 0.15) is 19.6 Å². The van der Waals surface area contributed by atoms with Crippen molar-refractivity contribution in [3.63, 3.8) is 0 Å². The Morgan fingerprint density at radius 2 is 2.06 bits per heavy atom. The molecule has 0 saturated carbocycles. The quantitative estimate of drug-likeness (QED) is 0.896. The average molecular weight is 268 g/mol. The monoisotopic (exact) mass is 267 g/mol. The van der Waals surface area contributed by atoms with Gasteiger partial charge in [0.05, 0.1) is 12.1 Å². The van der Waals surface area contributed by atoms with Gasteiger partial charge in [0.2, 0.25) is 0 Å². The van der Waals surface area contributed by atoms with Gasteiger partial charge in [-0.15, -0.1) is 0 Å². The van der Waals surface area contributed by atoms with E-state index in [0.717, 1.165) is 5.76 Å². The Labute approximate surface area is 111 Å². The molecule has 1 heterocycles. The van der Waals surface area contributed by atoms with Gasteiger partial charge in [-0.05, 0) is 30.3 Å². The highest BCUT2D eigenvalue weighted by Crippen LogP contribution is 2.27. The van der Waals surface area contributed by atoms with Crippen molar-refractivity contribution in [1.82, 2.24) is 5.32 Å². The zero-order valence-corrected chi connectivity index (χ0v) is 11.1. The second-order valence-corrected chi connectivity index (χ2v) is 4.86. The second kappa shape index (κ2) is 5.55. The maximum Gasteiger partial charge on any atom is 0.137 e. The number of nitrogens with one attached hydrogen (secondary N) is 1. The molecule has 0 spiro atoms. The molecule has 0 bridgehead atoms. The van der Waals surface area contributed by atoms with E-state index in [1.54, 1.807) is 18.2 Å². The molecule has 0 amide bonds. The minimum Gasteiger partial charge on any atom is -0.460 e. The van der Waals surface area contributed by atoms with Gasteiger partial charge in [0.15, 0.2) is 0 Å². The molecule has 4 heteroatoms. The van der Waals surface area contributed by atoms with Crippen molar-refractivity contribution in [2.24, 2.45) is 0 Å². The molecule has 2 nitrogen and oxygen atoms in total. The van der Waals surface area contributed by atoms with Crippen LogP contribution in [0.4, 0.5) is 4.39 Å². The molecule has 18 heavy (non-hydrogen) atoms. The van der Waals surface area contributed by atoms with Crippen molar-refractivity contribution >= 4 is 11.6 Å². The number of furan rings is 1. The van der Waals surface area contributed by atoms with Crippen molar-refractivity contribution in [2.75, 3.05) is 0 Å². The van der Waals surface area contributed by atoms with Crippen molar-refractivity contribution in [1.29, 1.82) is 0 Å². The van der Waals surface area contributed by atoms with Crippen molar-refractivity contribution in [2.45, 2.75) is 26.4 Å². The first-order chi connectivity index (χ1) is 8.56. The summed E-state index contributed by atoms with van der Waals surface area (Å²) in [6.07, 6.45) is 0. The van der Waals surface area contributed by atoms with Gasteiger partial charge < -0.3 is 9.73 Å². The molecule has 1 aromatic heterocycles. The highest BCUT2D eigenvalue weighted by molar-refractivity contribution is 6.30. The van der Waals surface area contributed by atoms with E-state index < -0.39 is 0 Å². The number of rotatable bonds is 4. The number of hydrogen-bond acceptors (Lipinski definition) is 2. The van der Waals surface area contributed by atoms with Crippen LogP contribution in [0, 0.1) is 5.82 Å². The van der Waals surface area contributed by atoms with Gasteiger partial charge in [0, 0.05) is 11.1 Å². The van der Waals surface area contributed by atoms with Gasteiger partial charge in [0.25, 0.3) is 0 Å². The lowest BCUT2D eigenvalue weighted by Gasteiger charge is -2.05. The Hall–Kier alpha value is -1.32. The Balaban J connectivity index is 2.18. The third kappa shape index (κ3) is 3.12. The minimum atomic E-state index is -0.375. The van der Waals surface area contributed by atoms with Gasteiger partial charge in [-0.2, -0.15) is 0 Å². The molecule has 1 N–H and O–H groups in total. The normalized spacial score (nSPS) is 11.2. The minimum absolute atomic E-state index is 0.375. The third-order valence-electron chi connectivity index (χ3n) is 2.54. The molecule has 0 aliphatic rings. The third-order valence-corrected chi connectivity index (χ3v) is 2.78. The van der Waals surface area contributed by atoms with Crippen LogP contribution in [-0.2, 0) is 6.54 Å². The zero-order chi connectivity index (χ0) is 13.1. The highest BCUT2D eigenvalue weighted by atomic mass is 35.5. The lowest BCUT2D eigenvalue weighted by molar-refractivity contribution is 0.471. The molecule has 0 aliphatic carbocycles. The molecule has 0 saturated heterocycles. The maximum atomic E-state index is 13.7. The van der Waals surface area contributed by atoms with E-state index in [9.17, 15) is 4.39 Å². The van der Waals surface area contributed by atoms with Crippen molar-refractivity contribution in [3.8, 4) is 11.3 Å². The summed E-state index contributed by atoms with van der Waals surface area (Å²) in [5.74, 6) is 0.929. The van der Waals surface area contributed by atoms with Crippen molar-refractivity contribution in [3.05, 3.63) is 46.9 Å². The molecule has 0 fully saturated rings. The fraction of sp³-hybridized carbons (Fsp3) is 0.286. The summed E-state index contributed by atoms with van der Waals surface area (Å²) in [6, 6.07) is 8.55. The standard InChI is InChI=1S/C14H15ClFNO/c1-9(2)17-8-11-4-6-14(18-11)12-5-3-10(15)7-13(12)16/h3-7,9,17H,8H2,1-2H3. The molecule has 2 aromatic rings. The first kappa shape index (κ1) is 13.1. The van der Waals surface area contributed by atoms with Gasteiger partial charge >= 0.3 is 0 Å². The van der Waals surface area contributed by atoms with Crippen molar-refractivity contribution < 1.29 is 8.81 Å². The first-order valence-electron chi connectivity index (χ1n) is 5.84. The number of benzene rings is 1. The van der Waals surface area contributed by atoms with Gasteiger partial charge in [-0.25, -0.2) is 4.39 Å². The summed E-state index contributed by atoms with van der Waals surface area (Å²) >= 11 is 5.71. The van der Waals surface area contributed by atoms with E-state index in [1.165, 1.54) is 6.07 Å². The predicted octanol–water partition coefficient (Wildman–Crippen LogP) is 4.24. The lowest BCUT2D eigenvalue weighted by atomic mass is 10.1. The van der Waals surface area contributed by atoms with Crippen LogP contribution in [-0.4, -0.2) is 6.04 Å². The molecule has 96 valence electrons. The van der Waals surface area contributed by atoms with Crippen LogP contribution in [0.3, 0.4) is 0 Å². The predicted molar refractivity (Wildman–Crippen MR) is 71.1 cm³/mol. The first-order valence-corrected chi connectivity index (χ1v) is 6.21. The van der Waals surface area contributed by atoms with Crippen LogP contribution in [0.25, 0.3) is 11.3 Å². The molecule has 2 rings (SSSR count). The van der Waals surface area contributed by atoms with E-state index in [1.807, 2.05) is 6.07 Å². The van der Waals surface area contributed by atoms with E-state index in [4.69, 9.17) is 16.0 Å². The number of hydrogen-bond donors (Lipinski definition) is 1. The second-order valence-electron chi connectivity index (χ2n) is 4.43. The summed E-state index contributed by atoms with van der Waals surface area (Å²) in [6.45, 7) is 4.75. The van der Waals surface area contributed by atoms with Crippen LogP contribution >= 0.6 is 11.6 Å². The maximum absolute atomic E-state index is 13.7. The van der Waals surface area contributed by atoms with E-state index in [-0.39, 0.29) is 5.82 Å². The Morgan fingerprint density at radius 1 is 1.28 bits per heavy atom. The largest absolute Gasteiger partial charge is 0.460 e. The SMILES string of the molecule is CC(C)NCc1ccc(-c2ccc(Cl)cc2F)o1. The Kier molecular flexibility index (Phi) is 4.04. The molecule has 1 aromatic carbocycles. The van der Waals surface area contributed by atoms with Crippen LogP contribution in [0.15, 0.2) is 34.7 Å². The highest BCUT2D eigenvalue weighted by Gasteiger charge is 2.10. The molecule has 0 aliphatic heterocycles. The topological polar surface area (TPSA) is 25.2 Å². The zero-order valence-electron chi connectivity index (χ0n) is 10.3. The smallest absolute Gasteiger partial charge is 0.137 e. The lowest BCUT2D eigenvalue weighted by Crippen LogP contribution is -2.21. The molecular weight excluding hydrogens is 253 g/mol. The van der Waals surface area contributed by atoms with E-state index in [2.05, 4.69) is 19.2 Å². The van der Waals surface area contributed by atoms with Crippen LogP contribution in [0.5, 0.6) is 0 Å². The fourth-order valence-corrected chi connectivity index (χ4v) is 1.77. The molecule has 0 unspecified atom stereocenters. The molecular formula is C14H15ClFNO. The summed E-state index contributed by atoms with van der Waals surface area (Å²) in [4.78, 5) is 0. The Bertz CT molecular complexity index is 536. The molecule has 0 atom stereocenters. The van der Waals surface area contributed by atoms with E-state index in [0.29, 0.717) is 28.9 Å². The van der Waals surface area contributed by atoms with E-state index >= 15 is 0 Å². The molecule has 0 radical (unpaired) electrons. The summed E-state index contributed by atoms with van der Waals surface area (Å²) in [7, 11) is 0.